The summed E-state index contributed by atoms with van der Waals surface area (Å²) in [4.78, 5) is 18.7. The molecule has 2 N–H and O–H groups in total. The third-order valence-electron chi connectivity index (χ3n) is 6.01. The fourth-order valence-corrected chi connectivity index (χ4v) is 4.50. The Morgan fingerprint density at radius 2 is 2.00 bits per heavy atom. The summed E-state index contributed by atoms with van der Waals surface area (Å²) >= 11 is 5.83. The van der Waals surface area contributed by atoms with Crippen LogP contribution in [-0.2, 0) is 10.3 Å². The summed E-state index contributed by atoms with van der Waals surface area (Å²) in [7, 11) is 0. The Bertz CT molecular complexity index is 1160. The Labute approximate surface area is 201 Å². The quantitative estimate of drug-likeness (QED) is 0.493. The fourth-order valence-electron chi connectivity index (χ4n) is 4.15. The molecule has 2 aromatic heterocycles. The highest BCUT2D eigenvalue weighted by atomic mass is 32.1. The summed E-state index contributed by atoms with van der Waals surface area (Å²) in [6.07, 6.45) is 6.58. The van der Waals surface area contributed by atoms with Crippen LogP contribution in [0, 0.1) is 6.92 Å². The molecule has 172 valence electrons. The van der Waals surface area contributed by atoms with Crippen LogP contribution in [0.15, 0.2) is 61.1 Å². The third kappa shape index (κ3) is 4.64. The van der Waals surface area contributed by atoms with Crippen molar-refractivity contribution < 1.29 is 4.79 Å². The highest BCUT2D eigenvalue weighted by molar-refractivity contribution is 7.80. The Morgan fingerprint density at radius 1 is 1.21 bits per heavy atom. The fraction of sp³-hybridized carbons (Fsp3) is 0.346. The molecule has 6 nitrogen and oxygen atoms in total. The van der Waals surface area contributed by atoms with Crippen molar-refractivity contribution in [2.45, 2.75) is 58.7 Å². The van der Waals surface area contributed by atoms with Gasteiger partial charge in [0.05, 0.1) is 17.8 Å². The average Bonchev–Trinajstić information content (AvgIpc) is 3.40. The molecule has 3 aromatic rings. The second-order valence-electron chi connectivity index (χ2n) is 9.42. The third-order valence-corrected chi connectivity index (χ3v) is 6.33. The monoisotopic (exact) mass is 461 g/mol. The van der Waals surface area contributed by atoms with Crippen LogP contribution in [-0.4, -0.2) is 20.6 Å². The molecule has 1 aliphatic heterocycles. The molecule has 1 aromatic carbocycles. The lowest BCUT2D eigenvalue weighted by Gasteiger charge is -2.28. The maximum atomic E-state index is 11.9. The highest BCUT2D eigenvalue weighted by Crippen LogP contribution is 2.42. The van der Waals surface area contributed by atoms with Gasteiger partial charge < -0.3 is 20.1 Å². The van der Waals surface area contributed by atoms with E-state index >= 15 is 0 Å². The van der Waals surface area contributed by atoms with Crippen molar-refractivity contribution in [1.29, 1.82) is 0 Å². The lowest BCUT2D eigenvalue weighted by molar-refractivity contribution is -0.115. The summed E-state index contributed by atoms with van der Waals surface area (Å²) in [5.74, 6) is 0.000762. The van der Waals surface area contributed by atoms with Crippen molar-refractivity contribution in [2.24, 2.45) is 0 Å². The molecule has 0 bridgehead atoms. The first kappa shape index (κ1) is 23.0. The van der Waals surface area contributed by atoms with Gasteiger partial charge in [-0.2, -0.15) is 0 Å². The minimum Gasteiger partial charge on any atom is -0.351 e. The first-order valence-corrected chi connectivity index (χ1v) is 11.7. The first-order chi connectivity index (χ1) is 15.7. The van der Waals surface area contributed by atoms with E-state index in [1.165, 1.54) is 0 Å². The van der Waals surface area contributed by atoms with E-state index in [0.29, 0.717) is 11.5 Å². The molecule has 1 fully saturated rings. The second kappa shape index (κ2) is 8.98. The van der Waals surface area contributed by atoms with Crippen LogP contribution in [0.25, 0.3) is 0 Å². The molecule has 1 saturated heterocycles. The number of anilines is 2. The van der Waals surface area contributed by atoms with E-state index < -0.39 is 0 Å². The van der Waals surface area contributed by atoms with Crippen LogP contribution in [0.4, 0.5) is 11.4 Å². The standard InChI is InChI=1S/C26H31N5OS/c1-6-22(32)28-20-11-10-19(15-17(20)2)31-24(18-12-14-30(16-18)26(3,4)5)23(29-25(31)33)21-9-7-8-13-27-21/h7-16,23-24H,6H2,1-5H3,(H,28,32)(H,29,33)/t23-,24-/m1/s1. The number of aromatic nitrogens is 2. The Balaban J connectivity index is 1.77. The van der Waals surface area contributed by atoms with Crippen LogP contribution < -0.4 is 15.5 Å². The molecule has 0 saturated carbocycles. The normalized spacial score (nSPS) is 18.3. The number of pyridine rings is 1. The summed E-state index contributed by atoms with van der Waals surface area (Å²) in [6.45, 7) is 10.4. The zero-order valence-corrected chi connectivity index (χ0v) is 20.6. The lowest BCUT2D eigenvalue weighted by atomic mass is 9.98. The van der Waals surface area contributed by atoms with E-state index in [4.69, 9.17) is 12.2 Å². The largest absolute Gasteiger partial charge is 0.351 e. The number of nitrogens with one attached hydrogen (secondary N) is 2. The van der Waals surface area contributed by atoms with Crippen molar-refractivity contribution in [1.82, 2.24) is 14.9 Å². The van der Waals surface area contributed by atoms with Crippen LogP contribution in [0.1, 0.15) is 63.0 Å². The maximum Gasteiger partial charge on any atom is 0.224 e. The van der Waals surface area contributed by atoms with E-state index in [0.717, 1.165) is 28.2 Å². The van der Waals surface area contributed by atoms with E-state index in [-0.39, 0.29) is 23.5 Å². The van der Waals surface area contributed by atoms with Gasteiger partial charge in [-0.1, -0.05) is 13.0 Å². The van der Waals surface area contributed by atoms with E-state index in [1.807, 2.05) is 50.4 Å². The van der Waals surface area contributed by atoms with Gasteiger partial charge in [0.15, 0.2) is 5.11 Å². The molecule has 1 aliphatic rings. The van der Waals surface area contributed by atoms with Gasteiger partial charge in [0.2, 0.25) is 5.91 Å². The number of hydrogen-bond donors (Lipinski definition) is 2. The maximum absolute atomic E-state index is 11.9. The number of benzene rings is 1. The summed E-state index contributed by atoms with van der Waals surface area (Å²) in [5.41, 5.74) is 4.87. The van der Waals surface area contributed by atoms with Crippen molar-refractivity contribution in [3.8, 4) is 0 Å². The molecular weight excluding hydrogens is 430 g/mol. The number of carbonyl (C=O) groups is 1. The van der Waals surface area contributed by atoms with Crippen LogP contribution >= 0.6 is 12.2 Å². The minimum absolute atomic E-state index is 0.000762. The zero-order valence-electron chi connectivity index (χ0n) is 19.8. The second-order valence-corrected chi connectivity index (χ2v) is 9.81. The molecule has 33 heavy (non-hydrogen) atoms. The van der Waals surface area contributed by atoms with Gasteiger partial charge in [0.1, 0.15) is 0 Å². The predicted molar refractivity (Wildman–Crippen MR) is 137 cm³/mol. The van der Waals surface area contributed by atoms with Crippen molar-refractivity contribution in [3.05, 3.63) is 77.9 Å². The molecule has 0 spiro atoms. The van der Waals surface area contributed by atoms with Crippen molar-refractivity contribution >= 4 is 34.6 Å². The van der Waals surface area contributed by atoms with Gasteiger partial charge in [0.25, 0.3) is 0 Å². The summed E-state index contributed by atoms with van der Waals surface area (Å²) in [5, 5.41) is 7.13. The average molecular weight is 462 g/mol. The molecule has 0 radical (unpaired) electrons. The van der Waals surface area contributed by atoms with Crippen LogP contribution in [0.3, 0.4) is 0 Å². The molecular formula is C26H31N5OS. The van der Waals surface area contributed by atoms with E-state index in [2.05, 4.69) is 70.4 Å². The number of amides is 1. The number of rotatable bonds is 5. The number of hydrogen-bond acceptors (Lipinski definition) is 3. The smallest absolute Gasteiger partial charge is 0.224 e. The molecule has 1 amide bonds. The van der Waals surface area contributed by atoms with Gasteiger partial charge in [0, 0.05) is 41.9 Å². The first-order valence-electron chi connectivity index (χ1n) is 11.3. The van der Waals surface area contributed by atoms with Crippen molar-refractivity contribution in [3.63, 3.8) is 0 Å². The Hall–Kier alpha value is -3.19. The van der Waals surface area contributed by atoms with Crippen LogP contribution in [0.2, 0.25) is 0 Å². The number of nitrogens with zero attached hydrogens (tertiary/aromatic N) is 3. The highest BCUT2D eigenvalue weighted by Gasteiger charge is 2.41. The molecule has 0 unspecified atom stereocenters. The molecule has 3 heterocycles. The SMILES string of the molecule is CCC(=O)Nc1ccc(N2C(=S)N[C@H](c3ccccn3)[C@H]2c2ccn(C(C)(C)C)c2)cc1C. The Kier molecular flexibility index (Phi) is 6.26. The van der Waals surface area contributed by atoms with Gasteiger partial charge in [-0.05, 0) is 87.4 Å². The Morgan fingerprint density at radius 3 is 2.61 bits per heavy atom. The van der Waals surface area contributed by atoms with E-state index in [9.17, 15) is 4.79 Å². The summed E-state index contributed by atoms with van der Waals surface area (Å²) < 4.78 is 2.23. The zero-order chi connectivity index (χ0) is 23.8. The van der Waals surface area contributed by atoms with Gasteiger partial charge in [-0.3, -0.25) is 9.78 Å². The number of aryl methyl sites for hydroxylation is 1. The lowest BCUT2D eigenvalue weighted by Crippen LogP contribution is -2.29. The van der Waals surface area contributed by atoms with Crippen LogP contribution in [0.5, 0.6) is 0 Å². The molecule has 4 rings (SSSR count). The predicted octanol–water partition coefficient (Wildman–Crippen LogP) is 5.47. The topological polar surface area (TPSA) is 62.2 Å². The summed E-state index contributed by atoms with van der Waals surface area (Å²) in [6, 6.07) is 14.0. The minimum atomic E-state index is -0.0886. The van der Waals surface area contributed by atoms with E-state index in [1.54, 1.807) is 0 Å². The van der Waals surface area contributed by atoms with Gasteiger partial charge in [-0.25, -0.2) is 0 Å². The molecule has 7 heteroatoms. The van der Waals surface area contributed by atoms with Gasteiger partial charge in [-0.15, -0.1) is 0 Å². The molecule has 0 aliphatic carbocycles. The number of thiocarbonyl (C=S) groups is 1. The van der Waals surface area contributed by atoms with Crippen molar-refractivity contribution in [2.75, 3.05) is 10.2 Å². The van der Waals surface area contributed by atoms with Gasteiger partial charge >= 0.3 is 0 Å². The molecule has 2 atom stereocenters. The number of carbonyl (C=O) groups excluding carboxylic acids is 1.